The molecule has 0 aliphatic carbocycles. The van der Waals surface area contributed by atoms with Gasteiger partial charge in [0.15, 0.2) is 0 Å². The minimum Gasteiger partial charge on any atom is -0.325 e. The molecule has 2 aromatic rings. The molecule has 0 spiro atoms. The number of aromatic nitrogens is 1. The first-order chi connectivity index (χ1) is 10.0. The topological polar surface area (TPSA) is 74.9 Å². The maximum absolute atomic E-state index is 12.0. The van der Waals surface area contributed by atoms with Crippen LogP contribution in [0.5, 0.6) is 0 Å². The Labute approximate surface area is 122 Å². The van der Waals surface area contributed by atoms with Gasteiger partial charge in [-0.3, -0.25) is 9.59 Å². The van der Waals surface area contributed by atoms with E-state index in [9.17, 15) is 9.59 Å². The quantitative estimate of drug-likeness (QED) is 0.934. The molecule has 0 radical (unpaired) electrons. The van der Waals surface area contributed by atoms with Gasteiger partial charge < -0.3 is 9.88 Å². The summed E-state index contributed by atoms with van der Waals surface area (Å²) in [7, 11) is 0. The zero-order valence-electron chi connectivity index (χ0n) is 11.9. The molecule has 0 unspecified atom stereocenters. The molecule has 1 aromatic heterocycles. The SMILES string of the molecule is Cc1ccc(NC(=O)Cn2c(C)ccc(C#N)c2=O)cc1. The van der Waals surface area contributed by atoms with Gasteiger partial charge in [0.1, 0.15) is 18.2 Å². The monoisotopic (exact) mass is 281 g/mol. The number of benzene rings is 1. The predicted molar refractivity (Wildman–Crippen MR) is 80.0 cm³/mol. The molecule has 0 saturated heterocycles. The minimum atomic E-state index is -0.448. The Morgan fingerprint density at radius 3 is 2.48 bits per heavy atom. The number of rotatable bonds is 3. The Bertz CT molecular complexity index is 768. The summed E-state index contributed by atoms with van der Waals surface area (Å²) in [6.45, 7) is 3.57. The third kappa shape index (κ3) is 3.37. The Morgan fingerprint density at radius 1 is 1.19 bits per heavy atom. The van der Waals surface area contributed by atoms with Crippen LogP contribution in [0.25, 0.3) is 0 Å². The third-order valence-electron chi connectivity index (χ3n) is 3.15. The van der Waals surface area contributed by atoms with E-state index >= 15 is 0 Å². The van der Waals surface area contributed by atoms with Gasteiger partial charge in [0.25, 0.3) is 5.56 Å². The second-order valence-electron chi connectivity index (χ2n) is 4.81. The number of amides is 1. The maximum atomic E-state index is 12.0. The van der Waals surface area contributed by atoms with Gasteiger partial charge in [-0.1, -0.05) is 17.7 Å². The van der Waals surface area contributed by atoms with Gasteiger partial charge in [0.2, 0.25) is 5.91 Å². The lowest BCUT2D eigenvalue weighted by Gasteiger charge is -2.10. The number of nitrogens with zero attached hydrogens (tertiary/aromatic N) is 2. The number of hydrogen-bond donors (Lipinski definition) is 1. The third-order valence-corrected chi connectivity index (χ3v) is 3.15. The standard InChI is InChI=1S/C16H15N3O2/c1-11-3-7-14(8-4-11)18-15(20)10-19-12(2)5-6-13(9-17)16(19)21/h3-8H,10H2,1-2H3,(H,18,20). The predicted octanol–water partition coefficient (Wildman–Crippen LogP) is 1.98. The van der Waals surface area contributed by atoms with Gasteiger partial charge in [-0.05, 0) is 38.1 Å². The fraction of sp³-hybridized carbons (Fsp3) is 0.188. The van der Waals surface area contributed by atoms with Crippen LogP contribution in [-0.2, 0) is 11.3 Å². The molecule has 0 aliphatic heterocycles. The second kappa shape index (κ2) is 6.06. The summed E-state index contributed by atoms with van der Waals surface area (Å²) < 4.78 is 1.29. The zero-order valence-corrected chi connectivity index (χ0v) is 11.9. The number of anilines is 1. The Kier molecular flexibility index (Phi) is 4.19. The van der Waals surface area contributed by atoms with E-state index in [0.717, 1.165) is 5.56 Å². The van der Waals surface area contributed by atoms with Crippen molar-refractivity contribution in [2.75, 3.05) is 5.32 Å². The van der Waals surface area contributed by atoms with Crippen LogP contribution in [0.15, 0.2) is 41.2 Å². The Morgan fingerprint density at radius 2 is 1.86 bits per heavy atom. The fourth-order valence-corrected chi connectivity index (χ4v) is 1.93. The molecule has 0 aliphatic rings. The van der Waals surface area contributed by atoms with Crippen LogP contribution in [-0.4, -0.2) is 10.5 Å². The van der Waals surface area contributed by atoms with Crippen LogP contribution in [0.1, 0.15) is 16.8 Å². The Hall–Kier alpha value is -2.87. The molecule has 0 bridgehead atoms. The van der Waals surface area contributed by atoms with Gasteiger partial charge >= 0.3 is 0 Å². The van der Waals surface area contributed by atoms with Crippen molar-refractivity contribution in [2.45, 2.75) is 20.4 Å². The molecule has 21 heavy (non-hydrogen) atoms. The van der Waals surface area contributed by atoms with Crippen LogP contribution in [0.3, 0.4) is 0 Å². The summed E-state index contributed by atoms with van der Waals surface area (Å²) in [5.41, 5.74) is 1.99. The molecule has 0 saturated carbocycles. The highest BCUT2D eigenvalue weighted by Crippen LogP contribution is 2.08. The van der Waals surface area contributed by atoms with Crippen molar-refractivity contribution in [3.8, 4) is 6.07 Å². The molecule has 1 amide bonds. The largest absolute Gasteiger partial charge is 0.325 e. The van der Waals surface area contributed by atoms with Crippen molar-refractivity contribution < 1.29 is 4.79 Å². The minimum absolute atomic E-state index is 0.0312. The summed E-state index contributed by atoms with van der Waals surface area (Å²) in [5.74, 6) is -0.306. The van der Waals surface area contributed by atoms with Crippen molar-refractivity contribution in [1.82, 2.24) is 4.57 Å². The van der Waals surface area contributed by atoms with E-state index in [-0.39, 0.29) is 18.0 Å². The highest BCUT2D eigenvalue weighted by atomic mass is 16.2. The molecular formula is C16H15N3O2. The van der Waals surface area contributed by atoms with Crippen LogP contribution in [0.4, 0.5) is 5.69 Å². The number of carbonyl (C=O) groups excluding carboxylic acids is 1. The average Bonchev–Trinajstić information content (AvgIpc) is 2.46. The number of nitrogens with one attached hydrogen (secondary N) is 1. The lowest BCUT2D eigenvalue weighted by molar-refractivity contribution is -0.116. The summed E-state index contributed by atoms with van der Waals surface area (Å²) in [6.07, 6.45) is 0. The molecule has 106 valence electrons. The molecule has 5 nitrogen and oxygen atoms in total. The van der Waals surface area contributed by atoms with E-state index in [1.165, 1.54) is 10.6 Å². The van der Waals surface area contributed by atoms with Crippen molar-refractivity contribution >= 4 is 11.6 Å². The van der Waals surface area contributed by atoms with E-state index in [1.54, 1.807) is 25.1 Å². The molecular weight excluding hydrogens is 266 g/mol. The average molecular weight is 281 g/mol. The van der Waals surface area contributed by atoms with Crippen molar-refractivity contribution in [1.29, 1.82) is 5.26 Å². The van der Waals surface area contributed by atoms with Gasteiger partial charge in [-0.15, -0.1) is 0 Å². The molecule has 0 atom stereocenters. The lowest BCUT2D eigenvalue weighted by Crippen LogP contribution is -2.30. The summed E-state index contributed by atoms with van der Waals surface area (Å²) in [4.78, 5) is 24.0. The van der Waals surface area contributed by atoms with E-state index in [1.807, 2.05) is 25.1 Å². The number of hydrogen-bond acceptors (Lipinski definition) is 3. The second-order valence-corrected chi connectivity index (χ2v) is 4.81. The van der Waals surface area contributed by atoms with Gasteiger partial charge in [0, 0.05) is 11.4 Å². The molecule has 5 heteroatoms. The van der Waals surface area contributed by atoms with Crippen LogP contribution in [0, 0.1) is 25.2 Å². The van der Waals surface area contributed by atoms with E-state index in [2.05, 4.69) is 5.32 Å². The van der Waals surface area contributed by atoms with E-state index < -0.39 is 5.56 Å². The van der Waals surface area contributed by atoms with Crippen molar-refractivity contribution in [3.63, 3.8) is 0 Å². The van der Waals surface area contributed by atoms with Gasteiger partial charge in [-0.25, -0.2) is 0 Å². The molecule has 1 heterocycles. The first kappa shape index (κ1) is 14.5. The first-order valence-electron chi connectivity index (χ1n) is 6.48. The normalized spacial score (nSPS) is 9.95. The fourth-order valence-electron chi connectivity index (χ4n) is 1.93. The van der Waals surface area contributed by atoms with Crippen LogP contribution >= 0.6 is 0 Å². The smallest absolute Gasteiger partial charge is 0.269 e. The highest BCUT2D eigenvalue weighted by Gasteiger charge is 2.10. The maximum Gasteiger partial charge on any atom is 0.269 e. The number of pyridine rings is 1. The van der Waals surface area contributed by atoms with Crippen molar-refractivity contribution in [3.05, 3.63) is 63.6 Å². The molecule has 1 N–H and O–H groups in total. The lowest BCUT2D eigenvalue weighted by atomic mass is 10.2. The van der Waals surface area contributed by atoms with Gasteiger partial charge in [0.05, 0.1) is 0 Å². The van der Waals surface area contributed by atoms with Crippen molar-refractivity contribution in [2.24, 2.45) is 0 Å². The molecule has 0 fully saturated rings. The van der Waals surface area contributed by atoms with E-state index in [0.29, 0.717) is 11.4 Å². The van der Waals surface area contributed by atoms with E-state index in [4.69, 9.17) is 5.26 Å². The highest BCUT2D eigenvalue weighted by molar-refractivity contribution is 5.90. The van der Waals surface area contributed by atoms with Gasteiger partial charge in [-0.2, -0.15) is 5.26 Å². The number of nitriles is 1. The molecule has 1 aromatic carbocycles. The zero-order chi connectivity index (χ0) is 15.4. The summed E-state index contributed by atoms with van der Waals surface area (Å²) in [6, 6.07) is 12.3. The molecule has 2 rings (SSSR count). The number of carbonyl (C=O) groups is 1. The Balaban J connectivity index is 2.19. The van der Waals surface area contributed by atoms with Crippen LogP contribution in [0.2, 0.25) is 0 Å². The summed E-state index contributed by atoms with van der Waals surface area (Å²) >= 11 is 0. The first-order valence-corrected chi connectivity index (χ1v) is 6.48. The number of aryl methyl sites for hydroxylation is 2. The summed E-state index contributed by atoms with van der Waals surface area (Å²) in [5, 5.41) is 11.6. The van der Waals surface area contributed by atoms with Crippen LogP contribution < -0.4 is 10.9 Å².